The molecule has 0 saturated heterocycles. The second-order valence-corrected chi connectivity index (χ2v) is 3.77. The highest BCUT2D eigenvalue weighted by atomic mass is 35.5. The van der Waals surface area contributed by atoms with Crippen LogP contribution in [0.1, 0.15) is 0 Å². The van der Waals surface area contributed by atoms with E-state index in [1.54, 1.807) is 12.5 Å². The van der Waals surface area contributed by atoms with Gasteiger partial charge in [-0.15, -0.1) is 10.2 Å². The SMILES string of the molecule is Clc1ccc(-c2ccnc3nncn23)cc1. The summed E-state index contributed by atoms with van der Waals surface area (Å²) >= 11 is 5.85. The monoisotopic (exact) mass is 230 g/mol. The van der Waals surface area contributed by atoms with Gasteiger partial charge >= 0.3 is 0 Å². The highest BCUT2D eigenvalue weighted by Crippen LogP contribution is 2.21. The molecule has 3 aromatic rings. The average Bonchev–Trinajstić information content (AvgIpc) is 2.78. The van der Waals surface area contributed by atoms with Gasteiger partial charge in [0, 0.05) is 11.2 Å². The van der Waals surface area contributed by atoms with Gasteiger partial charge in [0.05, 0.1) is 5.69 Å². The molecule has 0 unspecified atom stereocenters. The lowest BCUT2D eigenvalue weighted by Gasteiger charge is -2.03. The fraction of sp³-hybridized carbons (Fsp3) is 0. The van der Waals surface area contributed by atoms with Gasteiger partial charge < -0.3 is 0 Å². The number of rotatable bonds is 1. The van der Waals surface area contributed by atoms with Crippen molar-refractivity contribution in [3.8, 4) is 11.3 Å². The predicted octanol–water partition coefficient (Wildman–Crippen LogP) is 2.44. The first-order chi connectivity index (χ1) is 7.84. The van der Waals surface area contributed by atoms with E-state index in [1.807, 2.05) is 34.7 Å². The van der Waals surface area contributed by atoms with Gasteiger partial charge in [-0.05, 0) is 23.8 Å². The van der Waals surface area contributed by atoms with Crippen molar-refractivity contribution in [1.82, 2.24) is 19.6 Å². The van der Waals surface area contributed by atoms with Gasteiger partial charge in [0.1, 0.15) is 6.33 Å². The van der Waals surface area contributed by atoms with E-state index < -0.39 is 0 Å². The van der Waals surface area contributed by atoms with Gasteiger partial charge in [0.2, 0.25) is 0 Å². The Balaban J connectivity index is 2.25. The third-order valence-electron chi connectivity index (χ3n) is 2.35. The van der Waals surface area contributed by atoms with Crippen LogP contribution in [-0.2, 0) is 0 Å². The summed E-state index contributed by atoms with van der Waals surface area (Å²) < 4.78 is 1.84. The zero-order valence-corrected chi connectivity index (χ0v) is 8.96. The Kier molecular flexibility index (Phi) is 2.08. The third kappa shape index (κ3) is 1.44. The predicted molar refractivity (Wildman–Crippen MR) is 61.2 cm³/mol. The normalized spacial score (nSPS) is 10.8. The Bertz CT molecular complexity index is 630. The first-order valence-electron chi connectivity index (χ1n) is 4.75. The lowest BCUT2D eigenvalue weighted by molar-refractivity contribution is 1.10. The van der Waals surface area contributed by atoms with Crippen LogP contribution in [0.15, 0.2) is 42.9 Å². The zero-order valence-electron chi connectivity index (χ0n) is 8.21. The molecule has 2 heterocycles. The number of hydrogen-bond acceptors (Lipinski definition) is 3. The van der Waals surface area contributed by atoms with Crippen LogP contribution >= 0.6 is 11.6 Å². The van der Waals surface area contributed by atoms with Crippen LogP contribution in [0.25, 0.3) is 17.0 Å². The van der Waals surface area contributed by atoms with E-state index in [4.69, 9.17) is 11.6 Å². The molecular weight excluding hydrogens is 224 g/mol. The van der Waals surface area contributed by atoms with Crippen molar-refractivity contribution in [2.75, 3.05) is 0 Å². The van der Waals surface area contributed by atoms with E-state index >= 15 is 0 Å². The van der Waals surface area contributed by atoms with Crippen LogP contribution in [0.3, 0.4) is 0 Å². The Hall–Kier alpha value is -1.94. The summed E-state index contributed by atoms with van der Waals surface area (Å²) in [5, 5.41) is 8.45. The summed E-state index contributed by atoms with van der Waals surface area (Å²) in [5.74, 6) is 0.590. The highest BCUT2D eigenvalue weighted by Gasteiger charge is 2.04. The average molecular weight is 231 g/mol. The highest BCUT2D eigenvalue weighted by molar-refractivity contribution is 6.30. The van der Waals surface area contributed by atoms with E-state index in [2.05, 4.69) is 15.2 Å². The smallest absolute Gasteiger partial charge is 0.255 e. The zero-order chi connectivity index (χ0) is 11.0. The summed E-state index contributed by atoms with van der Waals surface area (Å²) in [6.07, 6.45) is 3.36. The van der Waals surface area contributed by atoms with Gasteiger partial charge in [-0.3, -0.25) is 4.40 Å². The molecule has 2 aromatic heterocycles. The van der Waals surface area contributed by atoms with E-state index in [9.17, 15) is 0 Å². The molecule has 0 aliphatic carbocycles. The lowest BCUT2D eigenvalue weighted by Crippen LogP contribution is -1.92. The molecule has 0 radical (unpaired) electrons. The molecule has 0 spiro atoms. The van der Waals surface area contributed by atoms with Gasteiger partial charge in [-0.25, -0.2) is 4.98 Å². The van der Waals surface area contributed by atoms with Crippen LogP contribution in [0.4, 0.5) is 0 Å². The number of aromatic nitrogens is 4. The van der Waals surface area contributed by atoms with E-state index in [0.29, 0.717) is 5.78 Å². The van der Waals surface area contributed by atoms with Crippen LogP contribution in [-0.4, -0.2) is 19.6 Å². The fourth-order valence-electron chi connectivity index (χ4n) is 1.60. The quantitative estimate of drug-likeness (QED) is 0.645. The lowest BCUT2D eigenvalue weighted by atomic mass is 10.1. The van der Waals surface area contributed by atoms with Crippen molar-refractivity contribution >= 4 is 17.4 Å². The van der Waals surface area contributed by atoms with Crippen LogP contribution in [0.5, 0.6) is 0 Å². The van der Waals surface area contributed by atoms with Crippen molar-refractivity contribution in [2.24, 2.45) is 0 Å². The maximum atomic E-state index is 5.85. The summed E-state index contributed by atoms with van der Waals surface area (Å²) in [6.45, 7) is 0. The molecule has 1 aromatic carbocycles. The maximum absolute atomic E-state index is 5.85. The summed E-state index contributed by atoms with van der Waals surface area (Å²) in [7, 11) is 0. The van der Waals surface area contributed by atoms with Crippen molar-refractivity contribution in [3.05, 3.63) is 47.9 Å². The van der Waals surface area contributed by atoms with Crippen LogP contribution < -0.4 is 0 Å². The molecule has 0 aliphatic heterocycles. The van der Waals surface area contributed by atoms with Crippen LogP contribution in [0, 0.1) is 0 Å². The first kappa shape index (κ1) is 9.30. The van der Waals surface area contributed by atoms with Crippen molar-refractivity contribution < 1.29 is 0 Å². The maximum Gasteiger partial charge on any atom is 0.255 e. The molecule has 0 amide bonds. The minimum Gasteiger partial charge on any atom is -0.265 e. The molecule has 16 heavy (non-hydrogen) atoms. The van der Waals surface area contributed by atoms with Gasteiger partial charge in [0.15, 0.2) is 0 Å². The summed E-state index contributed by atoms with van der Waals surface area (Å²) in [5.41, 5.74) is 2.04. The number of halogens is 1. The van der Waals surface area contributed by atoms with Crippen molar-refractivity contribution in [2.45, 2.75) is 0 Å². The number of nitrogens with zero attached hydrogens (tertiary/aromatic N) is 4. The molecule has 0 aliphatic rings. The number of fused-ring (bicyclic) bond motifs is 1. The molecule has 0 fully saturated rings. The fourth-order valence-corrected chi connectivity index (χ4v) is 1.72. The third-order valence-corrected chi connectivity index (χ3v) is 2.60. The Labute approximate surface area is 96.5 Å². The van der Waals surface area contributed by atoms with Gasteiger partial charge in [-0.1, -0.05) is 23.7 Å². The Morgan fingerprint density at radius 3 is 2.69 bits per heavy atom. The largest absolute Gasteiger partial charge is 0.265 e. The van der Waals surface area contributed by atoms with Crippen molar-refractivity contribution in [1.29, 1.82) is 0 Å². The Morgan fingerprint density at radius 1 is 1.06 bits per heavy atom. The molecule has 78 valence electrons. The minimum absolute atomic E-state index is 0.590. The van der Waals surface area contributed by atoms with Gasteiger partial charge in [0.25, 0.3) is 5.78 Å². The minimum atomic E-state index is 0.590. The molecule has 0 bridgehead atoms. The van der Waals surface area contributed by atoms with Crippen molar-refractivity contribution in [3.63, 3.8) is 0 Å². The van der Waals surface area contributed by atoms with Gasteiger partial charge in [-0.2, -0.15) is 0 Å². The number of benzene rings is 1. The van der Waals surface area contributed by atoms with E-state index in [1.165, 1.54) is 0 Å². The molecular formula is C11H7ClN4. The standard InChI is InChI=1S/C11H7ClN4/c12-9-3-1-8(2-4-9)10-5-6-13-11-15-14-7-16(10)11/h1-7H. The van der Waals surface area contributed by atoms with Crippen LogP contribution in [0.2, 0.25) is 5.02 Å². The first-order valence-corrected chi connectivity index (χ1v) is 5.13. The molecule has 0 atom stereocenters. The Morgan fingerprint density at radius 2 is 1.88 bits per heavy atom. The molecule has 0 saturated carbocycles. The molecule has 3 rings (SSSR count). The summed E-state index contributed by atoms with van der Waals surface area (Å²) in [4.78, 5) is 4.11. The molecule has 0 N–H and O–H groups in total. The van der Waals surface area contributed by atoms with E-state index in [-0.39, 0.29) is 0 Å². The molecule has 5 heteroatoms. The second kappa shape index (κ2) is 3.57. The number of hydrogen-bond donors (Lipinski definition) is 0. The second-order valence-electron chi connectivity index (χ2n) is 3.34. The molecule has 4 nitrogen and oxygen atoms in total. The topological polar surface area (TPSA) is 43.1 Å². The van der Waals surface area contributed by atoms with E-state index in [0.717, 1.165) is 16.3 Å². The summed E-state index contributed by atoms with van der Waals surface area (Å²) in [6, 6.07) is 9.54.